The summed E-state index contributed by atoms with van der Waals surface area (Å²) in [6.07, 6.45) is 7.00. The minimum absolute atomic E-state index is 0.103. The van der Waals surface area contributed by atoms with E-state index in [0.29, 0.717) is 0 Å². The number of nitrogens with zero attached hydrogens (tertiary/aromatic N) is 1. The summed E-state index contributed by atoms with van der Waals surface area (Å²) in [5, 5.41) is 4.21. The second-order valence-corrected chi connectivity index (χ2v) is 10.3. The van der Waals surface area contributed by atoms with Crippen LogP contribution in [-0.2, 0) is 17.4 Å². The average molecular weight is 409 g/mol. The molecule has 1 aliphatic heterocycles. The molecule has 0 N–H and O–H groups in total. The van der Waals surface area contributed by atoms with Crippen LogP contribution in [0.25, 0.3) is 32.8 Å². The van der Waals surface area contributed by atoms with Gasteiger partial charge in [-0.2, -0.15) is 4.57 Å². The predicted octanol–water partition coefficient (Wildman–Crippen LogP) is 7.71. The Labute approximate surface area is 186 Å². The lowest BCUT2D eigenvalue weighted by molar-refractivity contribution is -0.743. The lowest BCUT2D eigenvalue weighted by Crippen LogP contribution is -2.55. The Morgan fingerprint density at radius 3 is 2.35 bits per heavy atom. The molecule has 4 aromatic rings. The van der Waals surface area contributed by atoms with Gasteiger partial charge < -0.3 is 0 Å². The van der Waals surface area contributed by atoms with E-state index in [1.807, 2.05) is 0 Å². The van der Waals surface area contributed by atoms with Gasteiger partial charge in [-0.25, -0.2) is 0 Å². The van der Waals surface area contributed by atoms with E-state index < -0.39 is 0 Å². The number of aromatic nitrogens is 1. The van der Waals surface area contributed by atoms with Gasteiger partial charge in [0.15, 0.2) is 11.7 Å². The van der Waals surface area contributed by atoms with Crippen molar-refractivity contribution in [2.75, 3.05) is 0 Å². The standard InChI is InChI=1S/C30H34N/c1-6-30(7-2)19-18-21-14-16-23(24-12-8-9-13-26(24)29(3,4)5)25-17-15-22-11-10-20-31(30)28(22)27(21)25/h8-17,20H,6-7,18-19H2,1-5H3/q+1. The highest BCUT2D eigenvalue weighted by Crippen LogP contribution is 2.42. The van der Waals surface area contributed by atoms with Gasteiger partial charge in [0.25, 0.3) is 0 Å². The maximum absolute atomic E-state index is 2.63. The fourth-order valence-corrected chi connectivity index (χ4v) is 5.86. The second kappa shape index (κ2) is 7.19. The monoisotopic (exact) mass is 408 g/mol. The van der Waals surface area contributed by atoms with E-state index >= 15 is 0 Å². The van der Waals surface area contributed by atoms with Crippen molar-refractivity contribution in [2.45, 2.75) is 71.3 Å². The van der Waals surface area contributed by atoms with Crippen LogP contribution in [0.4, 0.5) is 0 Å². The van der Waals surface area contributed by atoms with Crippen molar-refractivity contribution in [3.8, 4) is 11.1 Å². The van der Waals surface area contributed by atoms with E-state index in [1.54, 1.807) is 0 Å². The summed E-state index contributed by atoms with van der Waals surface area (Å²) in [4.78, 5) is 0. The number of rotatable bonds is 3. The van der Waals surface area contributed by atoms with Gasteiger partial charge >= 0.3 is 0 Å². The lowest BCUT2D eigenvalue weighted by Gasteiger charge is -2.26. The van der Waals surface area contributed by atoms with Crippen LogP contribution in [0.2, 0.25) is 0 Å². The first-order valence-electron chi connectivity index (χ1n) is 11.9. The smallest absolute Gasteiger partial charge is 0.192 e. The van der Waals surface area contributed by atoms with Crippen molar-refractivity contribution in [2.24, 2.45) is 0 Å². The van der Waals surface area contributed by atoms with Crippen molar-refractivity contribution in [1.82, 2.24) is 0 Å². The molecule has 1 aromatic heterocycles. The zero-order chi connectivity index (χ0) is 21.8. The molecule has 2 heterocycles. The van der Waals surface area contributed by atoms with Crippen LogP contribution in [0.5, 0.6) is 0 Å². The first kappa shape index (κ1) is 20.2. The van der Waals surface area contributed by atoms with Gasteiger partial charge in [0.05, 0.1) is 5.39 Å². The number of benzene rings is 3. The van der Waals surface area contributed by atoms with Gasteiger partial charge in [-0.05, 0) is 51.6 Å². The Morgan fingerprint density at radius 1 is 0.839 bits per heavy atom. The summed E-state index contributed by atoms with van der Waals surface area (Å²) >= 11 is 0. The summed E-state index contributed by atoms with van der Waals surface area (Å²) in [5.41, 5.74) is 7.36. The molecule has 1 heteroatoms. The molecule has 0 spiro atoms. The molecule has 158 valence electrons. The van der Waals surface area contributed by atoms with Crippen LogP contribution in [0.3, 0.4) is 0 Å². The van der Waals surface area contributed by atoms with Gasteiger partial charge in [-0.3, -0.25) is 0 Å². The summed E-state index contributed by atoms with van der Waals surface area (Å²) < 4.78 is 2.63. The minimum atomic E-state index is 0.103. The number of aryl methyl sites for hydroxylation is 1. The second-order valence-electron chi connectivity index (χ2n) is 10.3. The molecule has 0 saturated heterocycles. The van der Waals surface area contributed by atoms with E-state index in [0.717, 1.165) is 19.3 Å². The number of hydrogen-bond donors (Lipinski definition) is 0. The van der Waals surface area contributed by atoms with Gasteiger partial charge in [-0.1, -0.05) is 77.1 Å². The Hall–Kier alpha value is -2.67. The highest BCUT2D eigenvalue weighted by Gasteiger charge is 2.40. The first-order valence-corrected chi connectivity index (χ1v) is 11.9. The topological polar surface area (TPSA) is 3.88 Å². The molecule has 1 nitrogen and oxygen atoms in total. The van der Waals surface area contributed by atoms with E-state index in [4.69, 9.17) is 0 Å². The quantitative estimate of drug-likeness (QED) is 0.241. The molecule has 0 unspecified atom stereocenters. The normalized spacial score (nSPS) is 15.5. The number of pyridine rings is 1. The third kappa shape index (κ3) is 3.01. The van der Waals surface area contributed by atoms with E-state index in [2.05, 4.69) is 106 Å². The van der Waals surface area contributed by atoms with Crippen molar-refractivity contribution in [1.29, 1.82) is 0 Å². The van der Waals surface area contributed by atoms with Crippen LogP contribution in [0, 0.1) is 0 Å². The molecule has 3 aromatic carbocycles. The van der Waals surface area contributed by atoms with Crippen LogP contribution in [0.15, 0.2) is 66.9 Å². The van der Waals surface area contributed by atoms with E-state index in [1.165, 1.54) is 50.4 Å². The first-order chi connectivity index (χ1) is 14.9. The van der Waals surface area contributed by atoms with Crippen molar-refractivity contribution >= 4 is 21.7 Å². The number of hydrogen-bond acceptors (Lipinski definition) is 0. The van der Waals surface area contributed by atoms with Crippen molar-refractivity contribution in [3.63, 3.8) is 0 Å². The van der Waals surface area contributed by atoms with Crippen LogP contribution < -0.4 is 4.57 Å². The van der Waals surface area contributed by atoms with Crippen LogP contribution in [-0.4, -0.2) is 0 Å². The van der Waals surface area contributed by atoms with Crippen LogP contribution >= 0.6 is 0 Å². The highest BCUT2D eigenvalue weighted by molar-refractivity contribution is 6.11. The summed E-state index contributed by atoms with van der Waals surface area (Å²) in [7, 11) is 0. The SMILES string of the molecule is CCC1(CC)CCc2ccc(-c3ccccc3C(C)(C)C)c3ccc4ccc[n+]1c4c23. The van der Waals surface area contributed by atoms with Crippen LogP contribution in [0.1, 0.15) is 65.0 Å². The molecular formula is C30H34N+. The molecule has 0 bridgehead atoms. The third-order valence-electron chi connectivity index (χ3n) is 7.74. The molecular weight excluding hydrogens is 374 g/mol. The molecule has 0 amide bonds. The molecule has 1 aliphatic rings. The summed E-state index contributed by atoms with van der Waals surface area (Å²) in [5.74, 6) is 0. The molecule has 5 rings (SSSR count). The zero-order valence-electron chi connectivity index (χ0n) is 19.6. The molecule has 0 radical (unpaired) electrons. The molecule has 0 saturated carbocycles. The molecule has 0 fully saturated rings. The van der Waals surface area contributed by atoms with Crippen molar-refractivity contribution < 1.29 is 4.57 Å². The summed E-state index contributed by atoms with van der Waals surface area (Å²) in [6, 6.07) is 23.0. The van der Waals surface area contributed by atoms with E-state index in [9.17, 15) is 0 Å². The largest absolute Gasteiger partial charge is 0.221 e. The average Bonchev–Trinajstić information content (AvgIpc) is 2.93. The summed E-state index contributed by atoms with van der Waals surface area (Å²) in [6.45, 7) is 11.7. The third-order valence-corrected chi connectivity index (χ3v) is 7.74. The Bertz CT molecular complexity index is 1290. The maximum Gasteiger partial charge on any atom is 0.221 e. The van der Waals surface area contributed by atoms with Gasteiger partial charge in [-0.15, -0.1) is 0 Å². The predicted molar refractivity (Wildman–Crippen MR) is 133 cm³/mol. The molecule has 0 atom stereocenters. The van der Waals surface area contributed by atoms with Gasteiger partial charge in [0.1, 0.15) is 0 Å². The fraction of sp³-hybridized carbons (Fsp3) is 0.367. The van der Waals surface area contributed by atoms with E-state index in [-0.39, 0.29) is 11.0 Å². The molecule has 31 heavy (non-hydrogen) atoms. The van der Waals surface area contributed by atoms with Gasteiger partial charge in [0.2, 0.25) is 5.52 Å². The Morgan fingerprint density at radius 2 is 1.61 bits per heavy atom. The zero-order valence-corrected chi connectivity index (χ0v) is 19.6. The maximum atomic E-state index is 2.63. The molecule has 0 aliphatic carbocycles. The fourth-order valence-electron chi connectivity index (χ4n) is 5.86. The highest BCUT2D eigenvalue weighted by atomic mass is 15.0. The van der Waals surface area contributed by atoms with Crippen molar-refractivity contribution in [3.05, 3.63) is 78.0 Å². The Balaban J connectivity index is 1.92. The lowest BCUT2D eigenvalue weighted by atomic mass is 9.80. The minimum Gasteiger partial charge on any atom is -0.192 e. The Kier molecular flexibility index (Phi) is 4.70. The van der Waals surface area contributed by atoms with Gasteiger partial charge in [0, 0.05) is 30.7 Å².